The van der Waals surface area contributed by atoms with E-state index in [9.17, 15) is 5.11 Å². The van der Waals surface area contributed by atoms with Crippen molar-refractivity contribution in [3.8, 4) is 11.5 Å². The van der Waals surface area contributed by atoms with Crippen LogP contribution in [0.5, 0.6) is 11.5 Å². The number of ether oxygens (including phenoxy) is 1. The molecule has 0 bridgehead atoms. The molecule has 1 atom stereocenters. The Bertz CT molecular complexity index is 555. The van der Waals surface area contributed by atoms with Crippen molar-refractivity contribution in [1.82, 2.24) is 0 Å². The highest BCUT2D eigenvalue weighted by atomic mass is 79.9. The maximum atomic E-state index is 9.47. The molecule has 2 nitrogen and oxygen atoms in total. The molecule has 0 aliphatic carbocycles. The Morgan fingerprint density at radius 2 is 1.89 bits per heavy atom. The maximum absolute atomic E-state index is 9.47. The van der Waals surface area contributed by atoms with Gasteiger partial charge in [-0.1, -0.05) is 29.8 Å². The van der Waals surface area contributed by atoms with Crippen LogP contribution in [0.2, 0.25) is 5.02 Å². The van der Waals surface area contributed by atoms with Crippen LogP contribution < -0.4 is 4.74 Å². The summed E-state index contributed by atoms with van der Waals surface area (Å²) in [6, 6.07) is 12.8. The third-order valence-electron chi connectivity index (χ3n) is 2.49. The zero-order valence-corrected chi connectivity index (χ0v) is 12.1. The molecule has 18 heavy (non-hydrogen) atoms. The van der Waals surface area contributed by atoms with Gasteiger partial charge in [-0.05, 0) is 52.7 Å². The number of benzene rings is 2. The summed E-state index contributed by atoms with van der Waals surface area (Å²) in [4.78, 5) is 0. The predicted molar refractivity (Wildman–Crippen MR) is 76.3 cm³/mol. The fraction of sp³-hybridized carbons (Fsp3) is 0.143. The molecule has 4 heteroatoms. The first-order valence-corrected chi connectivity index (χ1v) is 6.65. The van der Waals surface area contributed by atoms with Gasteiger partial charge < -0.3 is 9.84 Å². The first kappa shape index (κ1) is 13.4. The van der Waals surface area contributed by atoms with Crippen molar-refractivity contribution in [2.75, 3.05) is 0 Å². The van der Waals surface area contributed by atoms with Crippen LogP contribution in [0.4, 0.5) is 0 Å². The molecule has 0 aliphatic rings. The van der Waals surface area contributed by atoms with Crippen LogP contribution in [0.3, 0.4) is 0 Å². The molecule has 0 saturated carbocycles. The molecule has 2 aromatic rings. The molecule has 0 saturated heterocycles. The van der Waals surface area contributed by atoms with Crippen molar-refractivity contribution < 1.29 is 9.84 Å². The maximum Gasteiger partial charge on any atom is 0.146 e. The van der Waals surface area contributed by atoms with Gasteiger partial charge in [-0.15, -0.1) is 0 Å². The summed E-state index contributed by atoms with van der Waals surface area (Å²) in [7, 11) is 0. The van der Waals surface area contributed by atoms with E-state index in [1.807, 2.05) is 24.3 Å². The molecule has 0 heterocycles. The highest BCUT2D eigenvalue weighted by Crippen LogP contribution is 2.34. The Kier molecular flexibility index (Phi) is 4.27. The van der Waals surface area contributed by atoms with Crippen molar-refractivity contribution in [3.05, 3.63) is 57.5 Å². The monoisotopic (exact) mass is 326 g/mol. The van der Waals surface area contributed by atoms with E-state index in [1.165, 1.54) is 0 Å². The van der Waals surface area contributed by atoms with E-state index in [0.29, 0.717) is 16.5 Å². The number of halogens is 2. The Morgan fingerprint density at radius 3 is 2.50 bits per heavy atom. The summed E-state index contributed by atoms with van der Waals surface area (Å²) in [6.45, 7) is 1.69. The topological polar surface area (TPSA) is 29.5 Å². The second kappa shape index (κ2) is 5.74. The van der Waals surface area contributed by atoms with E-state index in [-0.39, 0.29) is 0 Å². The summed E-state index contributed by atoms with van der Waals surface area (Å²) in [5, 5.41) is 9.94. The highest BCUT2D eigenvalue weighted by Gasteiger charge is 2.08. The lowest BCUT2D eigenvalue weighted by atomic mass is 10.1. The van der Waals surface area contributed by atoms with Gasteiger partial charge in [0.25, 0.3) is 0 Å². The van der Waals surface area contributed by atoms with E-state index in [2.05, 4.69) is 15.9 Å². The van der Waals surface area contributed by atoms with Gasteiger partial charge >= 0.3 is 0 Å². The lowest BCUT2D eigenvalue weighted by Gasteiger charge is -2.11. The standard InChI is InChI=1S/C14H12BrClO2/c1-9(17)10-6-7-14(12(16)8-10)18-13-5-3-2-4-11(13)15/h2-9,17H,1H3/t9-/m0/s1. The van der Waals surface area contributed by atoms with Crippen LogP contribution in [0.1, 0.15) is 18.6 Å². The third-order valence-corrected chi connectivity index (χ3v) is 3.45. The Morgan fingerprint density at radius 1 is 1.17 bits per heavy atom. The summed E-state index contributed by atoms with van der Waals surface area (Å²) in [6.07, 6.45) is -0.542. The average Bonchev–Trinajstić information content (AvgIpc) is 2.34. The molecule has 0 radical (unpaired) electrons. The molecular formula is C14H12BrClO2. The minimum atomic E-state index is -0.542. The predicted octanol–water partition coefficient (Wildman–Crippen LogP) is 4.95. The highest BCUT2D eigenvalue weighted by molar-refractivity contribution is 9.10. The van der Waals surface area contributed by atoms with Gasteiger partial charge in [-0.25, -0.2) is 0 Å². The van der Waals surface area contributed by atoms with Crippen molar-refractivity contribution in [3.63, 3.8) is 0 Å². The van der Waals surface area contributed by atoms with E-state index in [1.54, 1.807) is 25.1 Å². The van der Waals surface area contributed by atoms with Gasteiger partial charge in [0.2, 0.25) is 0 Å². The molecule has 94 valence electrons. The van der Waals surface area contributed by atoms with Gasteiger partial charge in [-0.2, -0.15) is 0 Å². The number of hydrogen-bond donors (Lipinski definition) is 1. The zero-order chi connectivity index (χ0) is 13.1. The number of hydrogen-bond acceptors (Lipinski definition) is 2. The van der Waals surface area contributed by atoms with Crippen LogP contribution in [0.25, 0.3) is 0 Å². The van der Waals surface area contributed by atoms with Crippen molar-refractivity contribution in [1.29, 1.82) is 0 Å². The molecule has 0 fully saturated rings. The first-order chi connectivity index (χ1) is 8.58. The number of aliphatic hydroxyl groups excluding tert-OH is 1. The van der Waals surface area contributed by atoms with Crippen LogP contribution in [0, 0.1) is 0 Å². The molecule has 0 aliphatic heterocycles. The van der Waals surface area contributed by atoms with Crippen LogP contribution in [-0.4, -0.2) is 5.11 Å². The van der Waals surface area contributed by atoms with E-state index >= 15 is 0 Å². The lowest BCUT2D eigenvalue weighted by molar-refractivity contribution is 0.199. The summed E-state index contributed by atoms with van der Waals surface area (Å²) in [5.41, 5.74) is 0.763. The van der Waals surface area contributed by atoms with Gasteiger partial charge in [0, 0.05) is 0 Å². The van der Waals surface area contributed by atoms with Crippen molar-refractivity contribution in [2.24, 2.45) is 0 Å². The third kappa shape index (κ3) is 3.05. The van der Waals surface area contributed by atoms with E-state index in [4.69, 9.17) is 16.3 Å². The summed E-state index contributed by atoms with van der Waals surface area (Å²) < 4.78 is 6.58. The van der Waals surface area contributed by atoms with Gasteiger partial charge in [0.15, 0.2) is 0 Å². The molecule has 0 aromatic heterocycles. The fourth-order valence-electron chi connectivity index (χ4n) is 1.51. The Hall–Kier alpha value is -1.03. The van der Waals surface area contributed by atoms with E-state index in [0.717, 1.165) is 10.0 Å². The summed E-state index contributed by atoms with van der Waals surface area (Å²) >= 11 is 9.53. The zero-order valence-electron chi connectivity index (χ0n) is 9.73. The quantitative estimate of drug-likeness (QED) is 0.864. The summed E-state index contributed by atoms with van der Waals surface area (Å²) in [5.74, 6) is 1.26. The minimum Gasteiger partial charge on any atom is -0.455 e. The smallest absolute Gasteiger partial charge is 0.146 e. The molecular weight excluding hydrogens is 316 g/mol. The molecule has 2 rings (SSSR count). The lowest BCUT2D eigenvalue weighted by Crippen LogP contribution is -1.92. The molecule has 0 spiro atoms. The molecule has 1 N–H and O–H groups in total. The van der Waals surface area contributed by atoms with Crippen molar-refractivity contribution >= 4 is 27.5 Å². The second-order valence-corrected chi connectivity index (χ2v) is 5.16. The van der Waals surface area contributed by atoms with Crippen molar-refractivity contribution in [2.45, 2.75) is 13.0 Å². The molecule has 0 unspecified atom stereocenters. The van der Waals surface area contributed by atoms with Crippen LogP contribution in [-0.2, 0) is 0 Å². The Balaban J connectivity index is 2.28. The van der Waals surface area contributed by atoms with Gasteiger partial charge in [-0.3, -0.25) is 0 Å². The largest absolute Gasteiger partial charge is 0.455 e. The van der Waals surface area contributed by atoms with Crippen LogP contribution in [0.15, 0.2) is 46.9 Å². The average molecular weight is 328 g/mol. The number of para-hydroxylation sites is 1. The van der Waals surface area contributed by atoms with Gasteiger partial charge in [0.05, 0.1) is 15.6 Å². The fourth-order valence-corrected chi connectivity index (χ4v) is 2.10. The number of rotatable bonds is 3. The Labute approximate surface area is 119 Å². The second-order valence-electron chi connectivity index (χ2n) is 3.90. The van der Waals surface area contributed by atoms with Gasteiger partial charge in [0.1, 0.15) is 11.5 Å². The SMILES string of the molecule is C[C@H](O)c1ccc(Oc2ccccc2Br)c(Cl)c1. The molecule has 2 aromatic carbocycles. The number of aliphatic hydroxyl groups is 1. The normalized spacial score (nSPS) is 12.2. The van der Waals surface area contributed by atoms with E-state index < -0.39 is 6.10 Å². The first-order valence-electron chi connectivity index (χ1n) is 5.48. The minimum absolute atomic E-state index is 0.476. The van der Waals surface area contributed by atoms with Crippen LogP contribution >= 0.6 is 27.5 Å². The molecule has 0 amide bonds.